The van der Waals surface area contributed by atoms with E-state index in [0.29, 0.717) is 22.7 Å². The van der Waals surface area contributed by atoms with Crippen LogP contribution in [0.4, 0.5) is 0 Å². The summed E-state index contributed by atoms with van der Waals surface area (Å²) in [5.74, 6) is -0.693. The van der Waals surface area contributed by atoms with Crippen LogP contribution in [0.1, 0.15) is 16.6 Å². The highest BCUT2D eigenvalue weighted by molar-refractivity contribution is 7.20. The first-order valence-corrected chi connectivity index (χ1v) is 5.15. The lowest BCUT2D eigenvalue weighted by Crippen LogP contribution is -1.99. The Bertz CT molecular complexity index is 509. The maximum Gasteiger partial charge on any atom is 0.349 e. The van der Waals surface area contributed by atoms with Gasteiger partial charge in [0.2, 0.25) is 0 Å². The topological polar surface area (TPSA) is 72.3 Å². The summed E-state index contributed by atoms with van der Waals surface area (Å²) in [6.07, 6.45) is 3.05. The number of aromatic nitrogens is 2. The number of nitrogens with zero attached hydrogens (tertiary/aromatic N) is 2. The Morgan fingerprint density at radius 2 is 2.27 bits per heavy atom. The standard InChI is InChI=1S/C9H8N2O3S/c1-2-14-6-5-8(11-4-3-10-5)15-7(6)9(12)13/h3-4H,2H2,1H3,(H,12,13). The Kier molecular flexibility index (Phi) is 2.51. The summed E-state index contributed by atoms with van der Waals surface area (Å²) in [6.45, 7) is 2.20. The van der Waals surface area contributed by atoms with Crippen molar-refractivity contribution in [3.8, 4) is 5.75 Å². The van der Waals surface area contributed by atoms with Crippen LogP contribution in [-0.4, -0.2) is 27.7 Å². The molecule has 0 aliphatic rings. The Morgan fingerprint density at radius 3 is 2.93 bits per heavy atom. The van der Waals surface area contributed by atoms with E-state index < -0.39 is 5.97 Å². The summed E-state index contributed by atoms with van der Waals surface area (Å²) in [4.78, 5) is 19.8. The maximum absolute atomic E-state index is 10.9. The highest BCUT2D eigenvalue weighted by Gasteiger charge is 2.20. The number of thiophene rings is 1. The van der Waals surface area contributed by atoms with Crippen LogP contribution in [0.15, 0.2) is 12.4 Å². The summed E-state index contributed by atoms with van der Waals surface area (Å²) in [5, 5.41) is 8.97. The Balaban J connectivity index is 2.68. The zero-order chi connectivity index (χ0) is 10.8. The van der Waals surface area contributed by atoms with Gasteiger partial charge < -0.3 is 9.84 Å². The molecule has 0 atom stereocenters. The van der Waals surface area contributed by atoms with Gasteiger partial charge in [0.05, 0.1) is 6.61 Å². The number of fused-ring (bicyclic) bond motifs is 1. The summed E-state index contributed by atoms with van der Waals surface area (Å²) < 4.78 is 5.28. The summed E-state index contributed by atoms with van der Waals surface area (Å²) in [6, 6.07) is 0. The van der Waals surface area contributed by atoms with Crippen molar-refractivity contribution < 1.29 is 14.6 Å². The zero-order valence-electron chi connectivity index (χ0n) is 7.93. The number of ether oxygens (including phenoxy) is 1. The molecule has 0 saturated carbocycles. The summed E-state index contributed by atoms with van der Waals surface area (Å²) in [7, 11) is 0. The lowest BCUT2D eigenvalue weighted by Gasteiger charge is -2.00. The van der Waals surface area contributed by atoms with Crippen molar-refractivity contribution in [2.45, 2.75) is 6.92 Å². The number of carboxylic acid groups (broad SMARTS) is 1. The lowest BCUT2D eigenvalue weighted by atomic mass is 10.4. The van der Waals surface area contributed by atoms with E-state index in [4.69, 9.17) is 9.84 Å². The maximum atomic E-state index is 10.9. The molecule has 0 saturated heterocycles. The number of rotatable bonds is 3. The Hall–Kier alpha value is -1.69. The quantitative estimate of drug-likeness (QED) is 0.860. The molecule has 0 aliphatic carbocycles. The fourth-order valence-electron chi connectivity index (χ4n) is 1.23. The van der Waals surface area contributed by atoms with Gasteiger partial charge in [-0.25, -0.2) is 14.8 Å². The lowest BCUT2D eigenvalue weighted by molar-refractivity contribution is 0.0698. The largest absolute Gasteiger partial charge is 0.490 e. The van der Waals surface area contributed by atoms with Crippen LogP contribution in [0.2, 0.25) is 0 Å². The van der Waals surface area contributed by atoms with Gasteiger partial charge in [-0.1, -0.05) is 0 Å². The number of aromatic carboxylic acids is 1. The van der Waals surface area contributed by atoms with Gasteiger partial charge in [0, 0.05) is 12.4 Å². The van der Waals surface area contributed by atoms with E-state index in [2.05, 4.69) is 9.97 Å². The average Bonchev–Trinajstić information content (AvgIpc) is 2.58. The average molecular weight is 224 g/mol. The first-order valence-electron chi connectivity index (χ1n) is 4.33. The number of hydrogen-bond acceptors (Lipinski definition) is 5. The van der Waals surface area contributed by atoms with E-state index in [9.17, 15) is 4.79 Å². The van der Waals surface area contributed by atoms with Gasteiger partial charge in [-0.15, -0.1) is 11.3 Å². The van der Waals surface area contributed by atoms with Crippen molar-refractivity contribution >= 4 is 27.7 Å². The van der Waals surface area contributed by atoms with Crippen LogP contribution < -0.4 is 4.74 Å². The first kappa shape index (κ1) is 9.85. The van der Waals surface area contributed by atoms with Crippen molar-refractivity contribution in [3.05, 3.63) is 17.3 Å². The molecule has 2 heterocycles. The first-order chi connectivity index (χ1) is 7.24. The monoisotopic (exact) mass is 224 g/mol. The molecule has 0 aliphatic heterocycles. The SMILES string of the molecule is CCOc1c(C(=O)O)sc2nccnc12. The molecule has 0 radical (unpaired) electrons. The molecule has 0 spiro atoms. The Labute approximate surface area is 89.4 Å². The summed E-state index contributed by atoms with van der Waals surface area (Å²) in [5.41, 5.74) is 0.516. The van der Waals surface area contributed by atoms with Crippen molar-refractivity contribution in [3.63, 3.8) is 0 Å². The van der Waals surface area contributed by atoms with Gasteiger partial charge in [-0.3, -0.25) is 0 Å². The van der Waals surface area contributed by atoms with E-state index in [1.165, 1.54) is 12.4 Å². The normalized spacial score (nSPS) is 10.5. The molecule has 2 rings (SSSR count). The van der Waals surface area contributed by atoms with Crippen molar-refractivity contribution in [1.82, 2.24) is 9.97 Å². The van der Waals surface area contributed by atoms with Gasteiger partial charge in [-0.2, -0.15) is 0 Å². The van der Waals surface area contributed by atoms with Crippen molar-refractivity contribution in [2.75, 3.05) is 6.61 Å². The van der Waals surface area contributed by atoms with Crippen molar-refractivity contribution in [2.24, 2.45) is 0 Å². The van der Waals surface area contributed by atoms with Gasteiger partial charge in [0.1, 0.15) is 10.3 Å². The third-order valence-electron chi connectivity index (χ3n) is 1.77. The van der Waals surface area contributed by atoms with Crippen LogP contribution in [0.5, 0.6) is 5.75 Å². The molecular weight excluding hydrogens is 216 g/mol. The zero-order valence-corrected chi connectivity index (χ0v) is 8.74. The minimum atomic E-state index is -1.01. The van der Waals surface area contributed by atoms with E-state index in [0.717, 1.165) is 11.3 Å². The van der Waals surface area contributed by atoms with Gasteiger partial charge in [0.25, 0.3) is 0 Å². The fraction of sp³-hybridized carbons (Fsp3) is 0.222. The number of hydrogen-bond donors (Lipinski definition) is 1. The van der Waals surface area contributed by atoms with Crippen LogP contribution in [0, 0.1) is 0 Å². The second kappa shape index (κ2) is 3.82. The molecule has 0 amide bonds. The van der Waals surface area contributed by atoms with Gasteiger partial charge in [-0.05, 0) is 6.92 Å². The van der Waals surface area contributed by atoms with Crippen molar-refractivity contribution in [1.29, 1.82) is 0 Å². The Morgan fingerprint density at radius 1 is 1.53 bits per heavy atom. The highest BCUT2D eigenvalue weighted by atomic mass is 32.1. The van der Waals surface area contributed by atoms with E-state index in [1.807, 2.05) is 0 Å². The van der Waals surface area contributed by atoms with Gasteiger partial charge >= 0.3 is 5.97 Å². The smallest absolute Gasteiger partial charge is 0.349 e. The molecule has 1 N–H and O–H groups in total. The molecule has 0 fully saturated rings. The number of carbonyl (C=O) groups is 1. The highest BCUT2D eigenvalue weighted by Crippen LogP contribution is 2.34. The molecule has 0 aromatic carbocycles. The second-order valence-corrected chi connectivity index (χ2v) is 3.71. The molecular formula is C9H8N2O3S. The number of carboxylic acids is 1. The third-order valence-corrected chi connectivity index (χ3v) is 2.82. The van der Waals surface area contributed by atoms with Crippen LogP contribution >= 0.6 is 11.3 Å². The molecule has 6 heteroatoms. The predicted molar refractivity (Wildman–Crippen MR) is 55.5 cm³/mol. The molecule has 5 nitrogen and oxygen atoms in total. The molecule has 15 heavy (non-hydrogen) atoms. The van der Waals surface area contributed by atoms with Crippen LogP contribution in [0.25, 0.3) is 10.3 Å². The molecule has 0 bridgehead atoms. The van der Waals surface area contributed by atoms with Crippen LogP contribution in [-0.2, 0) is 0 Å². The van der Waals surface area contributed by atoms with E-state index in [1.54, 1.807) is 6.92 Å². The van der Waals surface area contributed by atoms with E-state index >= 15 is 0 Å². The summed E-state index contributed by atoms with van der Waals surface area (Å²) >= 11 is 1.07. The fourth-order valence-corrected chi connectivity index (χ4v) is 2.11. The third kappa shape index (κ3) is 1.63. The second-order valence-electron chi connectivity index (χ2n) is 2.71. The molecule has 2 aromatic rings. The van der Waals surface area contributed by atoms with Gasteiger partial charge in [0.15, 0.2) is 10.6 Å². The minimum absolute atomic E-state index is 0.151. The molecule has 0 unspecified atom stereocenters. The molecule has 2 aromatic heterocycles. The molecule has 78 valence electrons. The van der Waals surface area contributed by atoms with E-state index in [-0.39, 0.29) is 4.88 Å². The van der Waals surface area contributed by atoms with Crippen LogP contribution in [0.3, 0.4) is 0 Å². The minimum Gasteiger partial charge on any atom is -0.490 e. The predicted octanol–water partition coefficient (Wildman–Crippen LogP) is 1.79.